The lowest BCUT2D eigenvalue weighted by Gasteiger charge is -2.29. The smallest absolute Gasteiger partial charge is 0.306 e. The van der Waals surface area contributed by atoms with Gasteiger partial charge in [0, 0.05) is 18.5 Å². The number of carbonyl (C=O) groups is 2. The predicted molar refractivity (Wildman–Crippen MR) is 80.6 cm³/mol. The average Bonchev–Trinajstić information content (AvgIpc) is 2.95. The van der Waals surface area contributed by atoms with Gasteiger partial charge < -0.3 is 10.0 Å². The minimum Gasteiger partial charge on any atom is -0.481 e. The number of hydrogen-bond acceptors (Lipinski definition) is 2. The first-order valence-corrected chi connectivity index (χ1v) is 7.56. The number of benzene rings is 1. The summed E-state index contributed by atoms with van der Waals surface area (Å²) in [5.74, 6) is -1.18. The maximum Gasteiger partial charge on any atom is 0.306 e. The molecule has 1 fully saturated rings. The highest BCUT2D eigenvalue weighted by atomic mass is 16.4. The quantitative estimate of drug-likeness (QED) is 0.906. The Balaban J connectivity index is 2.05. The maximum atomic E-state index is 12.7. The minimum absolute atomic E-state index is 0.0950. The first-order valence-electron chi connectivity index (χ1n) is 7.56. The van der Waals surface area contributed by atoms with Gasteiger partial charge in [0.15, 0.2) is 0 Å². The van der Waals surface area contributed by atoms with Crippen LogP contribution in [0.2, 0.25) is 0 Å². The van der Waals surface area contributed by atoms with E-state index in [-0.39, 0.29) is 23.8 Å². The lowest BCUT2D eigenvalue weighted by Crippen LogP contribution is -2.40. The van der Waals surface area contributed by atoms with Crippen LogP contribution in [0.1, 0.15) is 38.7 Å². The van der Waals surface area contributed by atoms with Crippen LogP contribution in [0, 0.1) is 11.8 Å². The van der Waals surface area contributed by atoms with Gasteiger partial charge in [-0.2, -0.15) is 0 Å². The summed E-state index contributed by atoms with van der Waals surface area (Å²) in [6.07, 6.45) is 1.78. The molecule has 1 aliphatic rings. The van der Waals surface area contributed by atoms with Crippen LogP contribution in [0.15, 0.2) is 30.3 Å². The van der Waals surface area contributed by atoms with E-state index in [1.165, 1.54) is 0 Å². The molecule has 1 saturated carbocycles. The summed E-state index contributed by atoms with van der Waals surface area (Å²) < 4.78 is 0. The lowest BCUT2D eigenvalue weighted by atomic mass is 10.0. The Kier molecular flexibility index (Phi) is 4.99. The number of rotatable bonds is 5. The molecule has 4 heteroatoms. The summed E-state index contributed by atoms with van der Waals surface area (Å²) in [5, 5.41) is 9.07. The zero-order chi connectivity index (χ0) is 15.4. The van der Waals surface area contributed by atoms with Crippen molar-refractivity contribution in [3.63, 3.8) is 0 Å². The van der Waals surface area contributed by atoms with Crippen molar-refractivity contribution < 1.29 is 14.7 Å². The van der Waals surface area contributed by atoms with Gasteiger partial charge in [-0.15, -0.1) is 0 Å². The van der Waals surface area contributed by atoms with Crippen molar-refractivity contribution in [2.75, 3.05) is 0 Å². The van der Waals surface area contributed by atoms with Crippen molar-refractivity contribution >= 4 is 11.9 Å². The number of amides is 1. The molecule has 114 valence electrons. The lowest BCUT2D eigenvalue weighted by molar-refractivity contribution is -0.142. The molecule has 0 aromatic heterocycles. The third kappa shape index (κ3) is 3.84. The van der Waals surface area contributed by atoms with Crippen molar-refractivity contribution in [2.45, 2.75) is 45.7 Å². The highest BCUT2D eigenvalue weighted by Gasteiger charge is 2.36. The Hall–Kier alpha value is -1.84. The molecule has 1 amide bonds. The molecule has 4 nitrogen and oxygen atoms in total. The van der Waals surface area contributed by atoms with Gasteiger partial charge in [-0.3, -0.25) is 9.59 Å². The number of carboxylic acid groups (broad SMARTS) is 1. The predicted octanol–water partition coefficient (Wildman–Crippen LogP) is 2.92. The van der Waals surface area contributed by atoms with Crippen LogP contribution in [0.5, 0.6) is 0 Å². The third-order valence-corrected chi connectivity index (χ3v) is 4.23. The third-order valence-electron chi connectivity index (χ3n) is 4.23. The minimum atomic E-state index is -0.774. The van der Waals surface area contributed by atoms with E-state index in [1.54, 1.807) is 0 Å². The summed E-state index contributed by atoms with van der Waals surface area (Å²) in [6.45, 7) is 4.60. The highest BCUT2D eigenvalue weighted by molar-refractivity contribution is 5.81. The van der Waals surface area contributed by atoms with Crippen molar-refractivity contribution in [3.8, 4) is 0 Å². The number of carboxylic acids is 1. The van der Waals surface area contributed by atoms with Crippen molar-refractivity contribution in [3.05, 3.63) is 35.9 Å². The maximum absolute atomic E-state index is 12.7. The zero-order valence-corrected chi connectivity index (χ0v) is 12.7. The second-order valence-corrected chi connectivity index (χ2v) is 6.09. The van der Waals surface area contributed by atoms with Gasteiger partial charge >= 0.3 is 5.97 Å². The number of hydrogen-bond donors (Lipinski definition) is 1. The first kappa shape index (κ1) is 15.5. The molecule has 1 N–H and O–H groups in total. The molecule has 0 aliphatic heterocycles. The van der Waals surface area contributed by atoms with Crippen molar-refractivity contribution in [1.29, 1.82) is 0 Å². The zero-order valence-electron chi connectivity index (χ0n) is 12.7. The van der Waals surface area contributed by atoms with Crippen LogP contribution in [0.4, 0.5) is 0 Å². The second-order valence-electron chi connectivity index (χ2n) is 6.09. The number of nitrogens with zero attached hydrogens (tertiary/aromatic N) is 1. The first-order chi connectivity index (χ1) is 9.99. The molecule has 2 rings (SSSR count). The van der Waals surface area contributed by atoms with E-state index in [1.807, 2.05) is 49.1 Å². The summed E-state index contributed by atoms with van der Waals surface area (Å²) in [5.41, 5.74) is 1.10. The standard InChI is InChI=1S/C17H23NO3/c1-12(2)18(11-13-6-4-3-5-7-13)16(19)14-8-9-15(10-14)17(20)21/h3-7,12,14-15H,8-11H2,1-2H3,(H,20,21)/t14-,15+/m1/s1. The van der Waals surface area contributed by atoms with Crippen LogP contribution in [-0.4, -0.2) is 27.9 Å². The summed E-state index contributed by atoms with van der Waals surface area (Å²) >= 11 is 0. The second kappa shape index (κ2) is 6.74. The van der Waals surface area contributed by atoms with Crippen molar-refractivity contribution in [2.24, 2.45) is 11.8 Å². The Morgan fingerprint density at radius 1 is 1.19 bits per heavy atom. The van der Waals surface area contributed by atoms with E-state index in [2.05, 4.69) is 0 Å². The van der Waals surface area contributed by atoms with Gasteiger partial charge in [0.25, 0.3) is 0 Å². The van der Waals surface area contributed by atoms with Crippen LogP contribution < -0.4 is 0 Å². The molecule has 0 bridgehead atoms. The molecule has 0 radical (unpaired) electrons. The number of aliphatic carboxylic acids is 1. The molecular formula is C17H23NO3. The van der Waals surface area contributed by atoms with Crippen molar-refractivity contribution in [1.82, 2.24) is 4.90 Å². The Morgan fingerprint density at radius 3 is 2.33 bits per heavy atom. The van der Waals surface area contributed by atoms with E-state index in [4.69, 9.17) is 5.11 Å². The molecule has 1 aliphatic carbocycles. The van der Waals surface area contributed by atoms with Crippen LogP contribution >= 0.6 is 0 Å². The van der Waals surface area contributed by atoms with Gasteiger partial charge in [0.1, 0.15) is 0 Å². The van der Waals surface area contributed by atoms with Crippen LogP contribution in [-0.2, 0) is 16.1 Å². The summed E-state index contributed by atoms with van der Waals surface area (Å²) in [4.78, 5) is 25.6. The largest absolute Gasteiger partial charge is 0.481 e. The molecule has 0 saturated heterocycles. The average molecular weight is 289 g/mol. The Morgan fingerprint density at radius 2 is 1.81 bits per heavy atom. The van der Waals surface area contributed by atoms with Gasteiger partial charge in [-0.25, -0.2) is 0 Å². The normalized spacial score (nSPS) is 21.5. The summed E-state index contributed by atoms with van der Waals surface area (Å²) in [6, 6.07) is 10.0. The van der Waals surface area contributed by atoms with E-state index >= 15 is 0 Å². The number of carbonyl (C=O) groups excluding carboxylic acids is 1. The monoisotopic (exact) mass is 289 g/mol. The molecule has 2 atom stereocenters. The summed E-state index contributed by atoms with van der Waals surface area (Å²) in [7, 11) is 0. The molecular weight excluding hydrogens is 266 g/mol. The SMILES string of the molecule is CC(C)N(Cc1ccccc1)C(=O)[C@@H]1CC[C@H](C(=O)O)C1. The molecule has 0 spiro atoms. The fourth-order valence-corrected chi connectivity index (χ4v) is 2.96. The molecule has 0 unspecified atom stereocenters. The van der Waals surface area contributed by atoms with Gasteiger partial charge in [0.05, 0.1) is 5.92 Å². The van der Waals surface area contributed by atoms with E-state index in [9.17, 15) is 9.59 Å². The van der Waals surface area contributed by atoms with Crippen LogP contribution in [0.25, 0.3) is 0 Å². The van der Waals surface area contributed by atoms with Gasteiger partial charge in [-0.1, -0.05) is 30.3 Å². The molecule has 1 aromatic carbocycles. The fraction of sp³-hybridized carbons (Fsp3) is 0.529. The van der Waals surface area contributed by atoms with E-state index < -0.39 is 5.97 Å². The molecule has 21 heavy (non-hydrogen) atoms. The fourth-order valence-electron chi connectivity index (χ4n) is 2.96. The topological polar surface area (TPSA) is 57.6 Å². The van der Waals surface area contributed by atoms with Gasteiger partial charge in [0.2, 0.25) is 5.91 Å². The van der Waals surface area contributed by atoms with E-state index in [0.29, 0.717) is 25.8 Å². The van der Waals surface area contributed by atoms with E-state index in [0.717, 1.165) is 5.56 Å². The molecule has 1 aromatic rings. The highest BCUT2D eigenvalue weighted by Crippen LogP contribution is 2.33. The van der Waals surface area contributed by atoms with Gasteiger partial charge in [-0.05, 0) is 38.7 Å². The Bertz CT molecular complexity index is 498. The molecule has 0 heterocycles. The van der Waals surface area contributed by atoms with Crippen LogP contribution in [0.3, 0.4) is 0 Å². The Labute approximate surface area is 125 Å².